The van der Waals surface area contributed by atoms with Gasteiger partial charge in [-0.3, -0.25) is 14.1 Å². The standard InChI is InChI=1S/C16H21N5OS2/c1-16(2,3)17-13(22)9-19(4)10-20-15(23)21-11-7-5-6-8-12(11)24-14(21)18-20/h5-8H,9-10H2,1-4H3,(H,17,22). The van der Waals surface area contributed by atoms with Crippen LogP contribution in [0.15, 0.2) is 24.3 Å². The molecule has 0 radical (unpaired) electrons. The summed E-state index contributed by atoms with van der Waals surface area (Å²) in [6.07, 6.45) is 0. The molecule has 1 amide bonds. The van der Waals surface area contributed by atoms with Gasteiger partial charge in [0.1, 0.15) is 0 Å². The Labute approximate surface area is 149 Å². The highest BCUT2D eigenvalue weighted by atomic mass is 32.1. The van der Waals surface area contributed by atoms with Crippen molar-refractivity contribution in [3.05, 3.63) is 29.0 Å². The summed E-state index contributed by atoms with van der Waals surface area (Å²) in [6.45, 7) is 6.67. The molecule has 3 aromatic rings. The average Bonchev–Trinajstić information content (AvgIpc) is 2.94. The number of para-hydroxylation sites is 1. The second-order valence-corrected chi connectivity index (χ2v) is 8.30. The summed E-state index contributed by atoms with van der Waals surface area (Å²) in [7, 11) is 1.88. The summed E-state index contributed by atoms with van der Waals surface area (Å²) >= 11 is 7.18. The van der Waals surface area contributed by atoms with E-state index in [1.54, 1.807) is 16.0 Å². The zero-order valence-corrected chi connectivity index (χ0v) is 15.9. The van der Waals surface area contributed by atoms with Crippen LogP contribution < -0.4 is 5.32 Å². The number of nitrogens with one attached hydrogen (secondary N) is 1. The van der Waals surface area contributed by atoms with Gasteiger partial charge in [0.25, 0.3) is 0 Å². The van der Waals surface area contributed by atoms with Gasteiger partial charge in [0.05, 0.1) is 23.4 Å². The monoisotopic (exact) mass is 363 g/mol. The highest BCUT2D eigenvalue weighted by Crippen LogP contribution is 2.25. The van der Waals surface area contributed by atoms with Gasteiger partial charge in [0.2, 0.25) is 15.6 Å². The van der Waals surface area contributed by atoms with Crippen LogP contribution in [-0.4, -0.2) is 44.1 Å². The molecule has 6 nitrogen and oxygen atoms in total. The molecule has 1 N–H and O–H groups in total. The fourth-order valence-corrected chi connectivity index (χ4v) is 3.92. The Kier molecular flexibility index (Phi) is 4.46. The first-order valence-electron chi connectivity index (χ1n) is 7.71. The number of thiazole rings is 1. The molecular weight excluding hydrogens is 342 g/mol. The van der Waals surface area contributed by atoms with E-state index in [4.69, 9.17) is 12.2 Å². The van der Waals surface area contributed by atoms with Crippen molar-refractivity contribution in [1.82, 2.24) is 24.4 Å². The van der Waals surface area contributed by atoms with E-state index in [1.165, 1.54) is 0 Å². The first kappa shape index (κ1) is 17.1. The van der Waals surface area contributed by atoms with E-state index >= 15 is 0 Å². The molecule has 0 saturated heterocycles. The molecule has 8 heteroatoms. The normalized spacial score (nSPS) is 12.4. The van der Waals surface area contributed by atoms with Gasteiger partial charge in [-0.05, 0) is 52.2 Å². The van der Waals surface area contributed by atoms with Crippen LogP contribution in [-0.2, 0) is 11.5 Å². The van der Waals surface area contributed by atoms with Gasteiger partial charge in [-0.2, -0.15) is 0 Å². The van der Waals surface area contributed by atoms with Crippen molar-refractivity contribution in [2.24, 2.45) is 0 Å². The van der Waals surface area contributed by atoms with Crippen LogP contribution in [0, 0.1) is 4.77 Å². The molecule has 128 valence electrons. The summed E-state index contributed by atoms with van der Waals surface area (Å²) in [5.74, 6) is -0.0111. The number of rotatable bonds is 4. The minimum absolute atomic E-state index is 0.0111. The number of amides is 1. The highest BCUT2D eigenvalue weighted by Gasteiger charge is 2.16. The number of hydrogen-bond donors (Lipinski definition) is 1. The number of hydrogen-bond acceptors (Lipinski definition) is 5. The molecule has 0 unspecified atom stereocenters. The predicted molar refractivity (Wildman–Crippen MR) is 99.9 cm³/mol. The average molecular weight is 364 g/mol. The third kappa shape index (κ3) is 3.50. The molecule has 0 aliphatic rings. The van der Waals surface area contributed by atoms with Crippen molar-refractivity contribution in [3.63, 3.8) is 0 Å². The lowest BCUT2D eigenvalue weighted by Gasteiger charge is -2.23. The molecule has 3 rings (SSSR count). The minimum Gasteiger partial charge on any atom is -0.350 e. The molecule has 0 bridgehead atoms. The molecule has 0 spiro atoms. The Morgan fingerprint density at radius 3 is 2.79 bits per heavy atom. The summed E-state index contributed by atoms with van der Waals surface area (Å²) in [5.41, 5.74) is 0.839. The second kappa shape index (κ2) is 6.27. The van der Waals surface area contributed by atoms with Crippen LogP contribution in [0.4, 0.5) is 0 Å². The number of likely N-dealkylation sites (N-methyl/N-ethyl adjacent to an activating group) is 1. The highest BCUT2D eigenvalue weighted by molar-refractivity contribution is 7.71. The quantitative estimate of drug-likeness (QED) is 0.724. The zero-order chi connectivity index (χ0) is 17.5. The maximum absolute atomic E-state index is 12.0. The first-order chi connectivity index (χ1) is 11.2. The number of carbonyl (C=O) groups is 1. The van der Waals surface area contributed by atoms with Crippen LogP contribution >= 0.6 is 23.6 Å². The molecule has 2 heterocycles. The third-order valence-corrected chi connectivity index (χ3v) is 4.83. The number of nitrogens with zero attached hydrogens (tertiary/aromatic N) is 4. The molecule has 0 saturated carbocycles. The van der Waals surface area contributed by atoms with Gasteiger partial charge in [-0.15, -0.1) is 5.10 Å². The molecule has 0 aliphatic heterocycles. The van der Waals surface area contributed by atoms with Gasteiger partial charge in [0, 0.05) is 5.54 Å². The summed E-state index contributed by atoms with van der Waals surface area (Å²) in [4.78, 5) is 14.8. The number of fused-ring (bicyclic) bond motifs is 3. The van der Waals surface area contributed by atoms with Crippen LogP contribution in [0.3, 0.4) is 0 Å². The third-order valence-electron chi connectivity index (χ3n) is 3.42. The number of carbonyl (C=O) groups excluding carboxylic acids is 1. The van der Waals surface area contributed by atoms with Crippen molar-refractivity contribution < 1.29 is 4.79 Å². The second-order valence-electron chi connectivity index (χ2n) is 6.92. The Balaban J connectivity index is 1.79. The smallest absolute Gasteiger partial charge is 0.234 e. The Hall–Kier alpha value is -1.77. The lowest BCUT2D eigenvalue weighted by molar-refractivity contribution is -0.123. The van der Waals surface area contributed by atoms with Crippen molar-refractivity contribution in [1.29, 1.82) is 0 Å². The lowest BCUT2D eigenvalue weighted by Crippen LogP contribution is -2.45. The van der Waals surface area contributed by atoms with Crippen molar-refractivity contribution in [2.45, 2.75) is 33.0 Å². The maximum atomic E-state index is 12.0. The van der Waals surface area contributed by atoms with E-state index in [0.717, 1.165) is 15.2 Å². The van der Waals surface area contributed by atoms with Crippen LogP contribution in [0.25, 0.3) is 15.2 Å². The van der Waals surface area contributed by atoms with Gasteiger partial charge in [-0.1, -0.05) is 23.5 Å². The van der Waals surface area contributed by atoms with Crippen molar-refractivity contribution >= 4 is 44.6 Å². The Morgan fingerprint density at radius 2 is 2.08 bits per heavy atom. The van der Waals surface area contributed by atoms with E-state index in [1.807, 2.05) is 55.3 Å². The summed E-state index contributed by atoms with van der Waals surface area (Å²) in [6, 6.07) is 8.12. The van der Waals surface area contributed by atoms with Crippen LogP contribution in [0.5, 0.6) is 0 Å². The molecule has 1 aromatic carbocycles. The van der Waals surface area contributed by atoms with E-state index in [2.05, 4.69) is 16.5 Å². The van der Waals surface area contributed by atoms with Crippen LogP contribution in [0.1, 0.15) is 20.8 Å². The van der Waals surface area contributed by atoms with E-state index in [0.29, 0.717) is 18.0 Å². The number of aromatic nitrogens is 3. The molecule has 24 heavy (non-hydrogen) atoms. The van der Waals surface area contributed by atoms with Crippen LogP contribution in [0.2, 0.25) is 0 Å². The molecular formula is C16H21N5OS2. The molecule has 0 aliphatic carbocycles. The van der Waals surface area contributed by atoms with Crippen molar-refractivity contribution in [2.75, 3.05) is 13.6 Å². The first-order valence-corrected chi connectivity index (χ1v) is 8.94. The van der Waals surface area contributed by atoms with Gasteiger partial charge < -0.3 is 5.32 Å². The molecule has 0 fully saturated rings. The SMILES string of the molecule is CN(CC(=O)NC(C)(C)C)Cn1nc2sc3ccccc3n2c1=S. The van der Waals surface area contributed by atoms with Crippen molar-refractivity contribution in [3.8, 4) is 0 Å². The lowest BCUT2D eigenvalue weighted by atomic mass is 10.1. The van der Waals surface area contributed by atoms with E-state index in [-0.39, 0.29) is 11.4 Å². The largest absolute Gasteiger partial charge is 0.350 e. The maximum Gasteiger partial charge on any atom is 0.234 e. The predicted octanol–water partition coefficient (Wildman–Crippen LogP) is 2.88. The fourth-order valence-electron chi connectivity index (χ4n) is 2.56. The van der Waals surface area contributed by atoms with E-state index < -0.39 is 0 Å². The van der Waals surface area contributed by atoms with Gasteiger partial charge in [-0.25, -0.2) is 4.68 Å². The number of benzene rings is 1. The zero-order valence-electron chi connectivity index (χ0n) is 14.2. The minimum atomic E-state index is -0.232. The fraction of sp³-hybridized carbons (Fsp3) is 0.438. The Morgan fingerprint density at radius 1 is 1.38 bits per heavy atom. The summed E-state index contributed by atoms with van der Waals surface area (Å²) < 4.78 is 5.55. The molecule has 2 aromatic heterocycles. The Bertz CT molecular complexity index is 947. The van der Waals surface area contributed by atoms with Gasteiger partial charge in [0.15, 0.2) is 0 Å². The topological polar surface area (TPSA) is 54.6 Å². The molecule has 0 atom stereocenters. The summed E-state index contributed by atoms with van der Waals surface area (Å²) in [5, 5.41) is 7.55. The van der Waals surface area contributed by atoms with Gasteiger partial charge >= 0.3 is 0 Å². The van der Waals surface area contributed by atoms with E-state index in [9.17, 15) is 4.79 Å².